The summed E-state index contributed by atoms with van der Waals surface area (Å²) >= 11 is 0. The number of nitrogens with one attached hydrogen (secondary N) is 1. The summed E-state index contributed by atoms with van der Waals surface area (Å²) in [6, 6.07) is 6.56. The van der Waals surface area contributed by atoms with Gasteiger partial charge in [-0.15, -0.1) is 0 Å². The summed E-state index contributed by atoms with van der Waals surface area (Å²) < 4.78 is 27.5. The number of nitrogens with zero attached hydrogens (tertiary/aromatic N) is 3. The van der Waals surface area contributed by atoms with Gasteiger partial charge >= 0.3 is 6.09 Å². The Morgan fingerprint density at radius 2 is 1.89 bits per heavy atom. The Labute approximate surface area is 209 Å². The van der Waals surface area contributed by atoms with E-state index in [4.69, 9.17) is 4.74 Å². The van der Waals surface area contributed by atoms with Crippen LogP contribution in [0.25, 0.3) is 10.8 Å². The van der Waals surface area contributed by atoms with Crippen LogP contribution in [-0.4, -0.2) is 79.6 Å². The van der Waals surface area contributed by atoms with Crippen LogP contribution in [0.15, 0.2) is 41.6 Å². The molecule has 1 atom stereocenters. The maximum atomic E-state index is 13.3. The van der Waals surface area contributed by atoms with Gasteiger partial charge in [-0.25, -0.2) is 4.79 Å². The molecule has 2 aromatic rings. The molecule has 0 radical (unpaired) electrons. The molecule has 1 aliphatic heterocycles. The molecule has 0 aliphatic carbocycles. The van der Waals surface area contributed by atoms with Gasteiger partial charge in [0.15, 0.2) is 0 Å². The van der Waals surface area contributed by atoms with Crippen LogP contribution < -0.4 is 5.32 Å². The molecule has 194 valence electrons. The van der Waals surface area contributed by atoms with Crippen LogP contribution in [0.4, 0.5) is 4.79 Å². The number of hydrogen-bond acceptors (Lipinski definition) is 7. The van der Waals surface area contributed by atoms with Crippen LogP contribution in [0.5, 0.6) is 0 Å². The molecule has 2 heterocycles. The highest BCUT2D eigenvalue weighted by Gasteiger charge is 2.32. The molecule has 3 N–H and O–H groups in total. The average molecular weight is 507 g/mol. The molecule has 9 nitrogen and oxygen atoms in total. The molecule has 0 saturated carbocycles. The fourth-order valence-corrected chi connectivity index (χ4v) is 5.91. The van der Waals surface area contributed by atoms with Crippen molar-refractivity contribution in [3.05, 3.63) is 36.7 Å². The number of benzene rings is 1. The van der Waals surface area contributed by atoms with Gasteiger partial charge in [0, 0.05) is 49.3 Å². The van der Waals surface area contributed by atoms with Gasteiger partial charge in [-0.05, 0) is 45.2 Å². The summed E-state index contributed by atoms with van der Waals surface area (Å²) in [5.74, 6) is -0.164. The third kappa shape index (κ3) is 7.30. The lowest BCUT2D eigenvalue weighted by atomic mass is 10.0. The summed E-state index contributed by atoms with van der Waals surface area (Å²) in [6.45, 7) is 11.2. The third-order valence-electron chi connectivity index (χ3n) is 5.86. The van der Waals surface area contributed by atoms with Gasteiger partial charge in [0.05, 0.1) is 10.8 Å². The summed E-state index contributed by atoms with van der Waals surface area (Å²) in [7, 11) is -3.08. The van der Waals surface area contributed by atoms with Crippen LogP contribution >= 0.6 is 10.6 Å². The van der Waals surface area contributed by atoms with E-state index in [2.05, 4.69) is 10.3 Å². The van der Waals surface area contributed by atoms with Crippen LogP contribution in [-0.2, 0) is 9.53 Å². The summed E-state index contributed by atoms with van der Waals surface area (Å²) in [6.07, 6.45) is 3.44. The van der Waals surface area contributed by atoms with E-state index >= 15 is 0 Å². The van der Waals surface area contributed by atoms with Crippen LogP contribution in [0, 0.1) is 5.92 Å². The standard InChI is InChI=1S/C25H38N4O5S/c1-18(2)22(27-24(31)34-25(3,4)5)23(30)29-13-7-12-28(14-15-29)17-35(32,33)21-9-6-8-19-16-26-11-10-20(19)21/h6,8-11,16,18,22,32-33H,7,12-15,17H2,1-5H3,(H,27,31)/t22-/m0/s1. The Hall–Kier alpha value is -2.40. The van der Waals surface area contributed by atoms with Crippen LogP contribution in [0.2, 0.25) is 0 Å². The molecule has 1 aromatic heterocycles. The molecule has 0 spiro atoms. The number of aromatic nitrogens is 1. The van der Waals surface area contributed by atoms with Gasteiger partial charge in [-0.2, -0.15) is 10.6 Å². The summed E-state index contributed by atoms with van der Waals surface area (Å²) in [4.78, 5) is 34.0. The number of ether oxygens (including phenoxy) is 1. The first-order valence-corrected chi connectivity index (χ1v) is 13.7. The number of fused-ring (bicyclic) bond motifs is 1. The van der Waals surface area contributed by atoms with Crippen molar-refractivity contribution in [3.8, 4) is 0 Å². The van der Waals surface area contributed by atoms with E-state index in [0.717, 1.165) is 10.8 Å². The fourth-order valence-electron chi connectivity index (χ4n) is 4.17. The Kier molecular flexibility index (Phi) is 8.63. The predicted molar refractivity (Wildman–Crippen MR) is 138 cm³/mol. The molecule has 1 saturated heterocycles. The highest BCUT2D eigenvalue weighted by molar-refractivity contribution is 8.24. The normalized spacial score (nSPS) is 17.2. The lowest BCUT2D eigenvalue weighted by molar-refractivity contribution is -0.134. The van der Waals surface area contributed by atoms with Crippen LogP contribution in [0.1, 0.15) is 41.0 Å². The van der Waals surface area contributed by atoms with Crippen molar-refractivity contribution in [2.24, 2.45) is 5.92 Å². The SMILES string of the molecule is CC(C)[C@H](NC(=O)OC(C)(C)C)C(=O)N1CCCN(CS(O)(O)c2cccc3cnccc23)CC1. The van der Waals surface area contributed by atoms with E-state index in [1.54, 1.807) is 56.3 Å². The molecule has 1 aromatic carbocycles. The van der Waals surface area contributed by atoms with Gasteiger partial charge < -0.3 is 15.0 Å². The van der Waals surface area contributed by atoms with Gasteiger partial charge in [0.1, 0.15) is 11.6 Å². The second-order valence-corrected chi connectivity index (χ2v) is 12.3. The predicted octanol–water partition coefficient (Wildman–Crippen LogP) is 4.39. The molecular weight excluding hydrogens is 468 g/mol. The monoisotopic (exact) mass is 506 g/mol. The summed E-state index contributed by atoms with van der Waals surface area (Å²) in [5, 5.41) is 4.37. The second-order valence-electron chi connectivity index (χ2n) is 10.3. The third-order valence-corrected chi connectivity index (χ3v) is 7.65. The Bertz CT molecular complexity index is 1030. The Balaban J connectivity index is 1.65. The van der Waals surface area contributed by atoms with Crippen molar-refractivity contribution in [1.82, 2.24) is 20.1 Å². The van der Waals surface area contributed by atoms with E-state index in [1.165, 1.54) is 0 Å². The number of pyridine rings is 1. The Morgan fingerprint density at radius 1 is 1.14 bits per heavy atom. The zero-order chi connectivity index (χ0) is 25.8. The first-order chi connectivity index (χ1) is 16.4. The quantitative estimate of drug-likeness (QED) is 0.532. The molecular formula is C25H38N4O5S. The van der Waals surface area contributed by atoms with E-state index in [9.17, 15) is 18.7 Å². The van der Waals surface area contributed by atoms with Gasteiger partial charge in [-0.3, -0.25) is 23.8 Å². The summed E-state index contributed by atoms with van der Waals surface area (Å²) in [5.41, 5.74) is -0.651. The van der Waals surface area contributed by atoms with Crippen LogP contribution in [0.3, 0.4) is 0 Å². The van der Waals surface area contributed by atoms with Gasteiger partial charge in [0.2, 0.25) is 5.91 Å². The first-order valence-electron chi connectivity index (χ1n) is 12.0. The Morgan fingerprint density at radius 3 is 2.57 bits per heavy atom. The van der Waals surface area contributed by atoms with Crippen molar-refractivity contribution in [2.75, 3.05) is 32.1 Å². The molecule has 10 heteroatoms. The molecule has 3 rings (SSSR count). The fraction of sp³-hybridized carbons (Fsp3) is 0.560. The largest absolute Gasteiger partial charge is 0.444 e. The molecule has 1 aliphatic rings. The van der Waals surface area contributed by atoms with E-state index < -0.39 is 28.3 Å². The minimum absolute atomic E-state index is 0.0975. The second kappa shape index (κ2) is 11.1. The minimum Gasteiger partial charge on any atom is -0.444 e. The zero-order valence-electron chi connectivity index (χ0n) is 21.2. The lowest BCUT2D eigenvalue weighted by Gasteiger charge is -2.38. The molecule has 35 heavy (non-hydrogen) atoms. The molecule has 0 bridgehead atoms. The van der Waals surface area contributed by atoms with E-state index in [0.29, 0.717) is 37.5 Å². The lowest BCUT2D eigenvalue weighted by Crippen LogP contribution is -2.52. The number of hydrogen-bond donors (Lipinski definition) is 3. The van der Waals surface area contributed by atoms with Crippen molar-refractivity contribution >= 4 is 33.4 Å². The van der Waals surface area contributed by atoms with E-state index in [-0.39, 0.29) is 17.7 Å². The molecule has 0 unspecified atom stereocenters. The van der Waals surface area contributed by atoms with Crippen molar-refractivity contribution in [2.45, 2.75) is 57.6 Å². The van der Waals surface area contributed by atoms with Crippen molar-refractivity contribution in [1.29, 1.82) is 0 Å². The number of rotatable bonds is 6. The van der Waals surface area contributed by atoms with E-state index in [1.807, 2.05) is 24.8 Å². The maximum Gasteiger partial charge on any atom is 0.408 e. The smallest absolute Gasteiger partial charge is 0.408 e. The van der Waals surface area contributed by atoms with Crippen molar-refractivity contribution < 1.29 is 23.4 Å². The van der Waals surface area contributed by atoms with Gasteiger partial charge in [0.25, 0.3) is 0 Å². The maximum absolute atomic E-state index is 13.3. The molecule has 2 amide bonds. The highest BCUT2D eigenvalue weighted by atomic mass is 32.3. The number of carbonyl (C=O) groups is 2. The first kappa shape index (κ1) is 27.2. The number of carbonyl (C=O) groups excluding carboxylic acids is 2. The van der Waals surface area contributed by atoms with Gasteiger partial charge in [-0.1, -0.05) is 26.0 Å². The average Bonchev–Trinajstić information content (AvgIpc) is 3.00. The number of amides is 2. The number of alkyl carbamates (subject to hydrolysis) is 1. The highest BCUT2D eigenvalue weighted by Crippen LogP contribution is 2.51. The molecule has 1 fully saturated rings. The topological polar surface area (TPSA) is 115 Å². The minimum atomic E-state index is -3.08. The zero-order valence-corrected chi connectivity index (χ0v) is 22.0. The van der Waals surface area contributed by atoms with Crippen molar-refractivity contribution in [3.63, 3.8) is 0 Å².